The Morgan fingerprint density at radius 2 is 1.74 bits per heavy atom. The Bertz CT molecular complexity index is 687. The maximum absolute atomic E-state index is 12.2. The third-order valence-corrected chi connectivity index (χ3v) is 4.96. The fraction of sp³-hybridized carbons (Fsp3) is 0.176. The first-order valence-corrected chi connectivity index (χ1v) is 8.86. The van der Waals surface area contributed by atoms with Crippen LogP contribution in [0.15, 0.2) is 53.0 Å². The summed E-state index contributed by atoms with van der Waals surface area (Å²) in [5.74, 6) is 0.211. The van der Waals surface area contributed by atoms with Crippen LogP contribution in [0.3, 0.4) is 0 Å². The number of rotatable bonds is 6. The molecule has 120 valence electrons. The summed E-state index contributed by atoms with van der Waals surface area (Å²) in [4.78, 5) is 23.2. The molecule has 6 heteroatoms. The van der Waals surface area contributed by atoms with Crippen LogP contribution in [0.25, 0.3) is 0 Å². The maximum Gasteiger partial charge on any atom is 0.248 e. The first-order valence-electron chi connectivity index (χ1n) is 7.02. The zero-order chi connectivity index (χ0) is 16.8. The molecule has 1 atom stereocenters. The van der Waals surface area contributed by atoms with Gasteiger partial charge in [0.25, 0.3) is 0 Å². The third kappa shape index (κ3) is 5.41. The Labute approximate surface area is 148 Å². The van der Waals surface area contributed by atoms with E-state index in [0.717, 1.165) is 10.2 Å². The Morgan fingerprint density at radius 3 is 2.30 bits per heavy atom. The number of carbonyl (C=O) groups excluding carboxylic acids is 2. The van der Waals surface area contributed by atoms with Gasteiger partial charge >= 0.3 is 0 Å². The van der Waals surface area contributed by atoms with Gasteiger partial charge in [0.1, 0.15) is 0 Å². The van der Waals surface area contributed by atoms with Gasteiger partial charge in [-0.1, -0.05) is 28.1 Å². The van der Waals surface area contributed by atoms with E-state index in [2.05, 4.69) is 21.2 Å². The standard InChI is InChI=1S/C17H17BrN2O2S/c1-11(23-10-12-2-6-14(18)7-3-12)17(22)20-15-8-4-13(5-9-15)16(19)21/h2-9,11H,10H2,1H3,(H2,19,21)(H,20,22)/t11-/m0/s1. The van der Waals surface area contributed by atoms with Crippen molar-refractivity contribution in [2.45, 2.75) is 17.9 Å². The summed E-state index contributed by atoms with van der Waals surface area (Å²) in [6.45, 7) is 1.87. The number of thioether (sulfide) groups is 1. The lowest BCUT2D eigenvalue weighted by Crippen LogP contribution is -2.22. The van der Waals surface area contributed by atoms with E-state index in [4.69, 9.17) is 5.73 Å². The zero-order valence-corrected chi connectivity index (χ0v) is 15.0. The number of nitrogens with one attached hydrogen (secondary N) is 1. The van der Waals surface area contributed by atoms with Crippen LogP contribution in [0.1, 0.15) is 22.8 Å². The monoisotopic (exact) mass is 392 g/mol. The van der Waals surface area contributed by atoms with Crippen molar-refractivity contribution in [3.8, 4) is 0 Å². The van der Waals surface area contributed by atoms with E-state index in [-0.39, 0.29) is 11.2 Å². The summed E-state index contributed by atoms with van der Waals surface area (Å²) in [5.41, 5.74) is 7.42. The molecule has 2 amide bonds. The maximum atomic E-state index is 12.2. The van der Waals surface area contributed by atoms with Crippen LogP contribution in [0.4, 0.5) is 5.69 Å². The van der Waals surface area contributed by atoms with Gasteiger partial charge in [-0.3, -0.25) is 9.59 Å². The van der Waals surface area contributed by atoms with Gasteiger partial charge < -0.3 is 11.1 Å². The molecule has 0 aliphatic rings. The molecule has 2 aromatic carbocycles. The molecule has 0 aliphatic carbocycles. The van der Waals surface area contributed by atoms with Gasteiger partial charge in [-0.25, -0.2) is 0 Å². The lowest BCUT2D eigenvalue weighted by atomic mass is 10.2. The molecular weight excluding hydrogens is 376 g/mol. The van der Waals surface area contributed by atoms with Gasteiger partial charge in [-0.05, 0) is 48.9 Å². The van der Waals surface area contributed by atoms with Crippen LogP contribution in [-0.4, -0.2) is 17.1 Å². The average Bonchev–Trinajstić information content (AvgIpc) is 2.54. The van der Waals surface area contributed by atoms with Gasteiger partial charge in [0.15, 0.2) is 0 Å². The van der Waals surface area contributed by atoms with Crippen LogP contribution in [-0.2, 0) is 10.5 Å². The molecule has 0 saturated carbocycles. The molecule has 0 radical (unpaired) electrons. The number of hydrogen-bond acceptors (Lipinski definition) is 3. The van der Waals surface area contributed by atoms with Crippen molar-refractivity contribution in [2.75, 3.05) is 5.32 Å². The number of anilines is 1. The first-order chi connectivity index (χ1) is 11.0. The molecule has 23 heavy (non-hydrogen) atoms. The Kier molecular flexibility index (Phi) is 6.24. The molecule has 3 N–H and O–H groups in total. The van der Waals surface area contributed by atoms with Gasteiger partial charge in [-0.2, -0.15) is 0 Å². The highest BCUT2D eigenvalue weighted by Gasteiger charge is 2.14. The third-order valence-electron chi connectivity index (χ3n) is 3.22. The van der Waals surface area contributed by atoms with Crippen molar-refractivity contribution in [3.05, 3.63) is 64.1 Å². The molecule has 2 rings (SSSR count). The molecule has 0 fully saturated rings. The molecule has 0 heterocycles. The Hall–Kier alpha value is -1.79. The lowest BCUT2D eigenvalue weighted by molar-refractivity contribution is -0.115. The molecule has 4 nitrogen and oxygen atoms in total. The van der Waals surface area contributed by atoms with Crippen LogP contribution < -0.4 is 11.1 Å². The summed E-state index contributed by atoms with van der Waals surface area (Å²) in [7, 11) is 0. The van der Waals surface area contributed by atoms with Crippen molar-refractivity contribution < 1.29 is 9.59 Å². The predicted octanol–water partition coefficient (Wildman–Crippen LogP) is 3.81. The van der Waals surface area contributed by atoms with Gasteiger partial charge in [0, 0.05) is 21.5 Å². The largest absolute Gasteiger partial charge is 0.366 e. The van der Waals surface area contributed by atoms with Crippen molar-refractivity contribution in [1.82, 2.24) is 0 Å². The molecule has 0 aromatic heterocycles. The Morgan fingerprint density at radius 1 is 1.13 bits per heavy atom. The summed E-state index contributed by atoms with van der Waals surface area (Å²) in [6.07, 6.45) is 0. The summed E-state index contributed by atoms with van der Waals surface area (Å²) in [6, 6.07) is 14.6. The highest BCUT2D eigenvalue weighted by atomic mass is 79.9. The molecule has 0 aliphatic heterocycles. The van der Waals surface area contributed by atoms with Crippen molar-refractivity contribution in [2.24, 2.45) is 5.73 Å². The minimum atomic E-state index is -0.485. The van der Waals surface area contributed by atoms with E-state index in [1.807, 2.05) is 31.2 Å². The fourth-order valence-corrected chi connectivity index (χ4v) is 2.95. The average molecular weight is 393 g/mol. The molecular formula is C17H17BrN2O2S. The number of halogens is 1. The number of benzene rings is 2. The van der Waals surface area contributed by atoms with E-state index in [0.29, 0.717) is 11.3 Å². The molecule has 0 unspecified atom stereocenters. The van der Waals surface area contributed by atoms with Crippen molar-refractivity contribution in [3.63, 3.8) is 0 Å². The SMILES string of the molecule is C[C@H](SCc1ccc(Br)cc1)C(=O)Nc1ccc(C(N)=O)cc1. The minimum Gasteiger partial charge on any atom is -0.366 e. The first kappa shape index (κ1) is 17.6. The number of amides is 2. The van der Waals surface area contributed by atoms with Crippen LogP contribution in [0.5, 0.6) is 0 Å². The van der Waals surface area contributed by atoms with Gasteiger partial charge in [-0.15, -0.1) is 11.8 Å². The molecule has 0 saturated heterocycles. The van der Waals surface area contributed by atoms with Crippen LogP contribution >= 0.6 is 27.7 Å². The smallest absolute Gasteiger partial charge is 0.248 e. The molecule has 0 bridgehead atoms. The second-order valence-corrected chi connectivity index (χ2v) is 7.26. The van der Waals surface area contributed by atoms with E-state index < -0.39 is 5.91 Å². The van der Waals surface area contributed by atoms with Crippen LogP contribution in [0, 0.1) is 0 Å². The fourth-order valence-electron chi connectivity index (χ4n) is 1.84. The lowest BCUT2D eigenvalue weighted by Gasteiger charge is -2.12. The Balaban J connectivity index is 1.86. The van der Waals surface area contributed by atoms with E-state index >= 15 is 0 Å². The van der Waals surface area contributed by atoms with Gasteiger partial charge in [0.05, 0.1) is 5.25 Å². The molecule has 2 aromatic rings. The van der Waals surface area contributed by atoms with Crippen molar-refractivity contribution in [1.29, 1.82) is 0 Å². The number of nitrogens with two attached hydrogens (primary N) is 1. The number of carbonyl (C=O) groups is 2. The van der Waals surface area contributed by atoms with E-state index in [1.165, 1.54) is 5.56 Å². The topological polar surface area (TPSA) is 72.2 Å². The van der Waals surface area contributed by atoms with Gasteiger partial charge in [0.2, 0.25) is 11.8 Å². The second kappa shape index (κ2) is 8.17. The minimum absolute atomic E-state index is 0.0704. The summed E-state index contributed by atoms with van der Waals surface area (Å²) < 4.78 is 1.04. The number of primary amides is 1. The number of hydrogen-bond donors (Lipinski definition) is 2. The van der Waals surface area contributed by atoms with Crippen LogP contribution in [0.2, 0.25) is 0 Å². The summed E-state index contributed by atoms with van der Waals surface area (Å²) in [5, 5.41) is 2.65. The zero-order valence-electron chi connectivity index (χ0n) is 12.6. The van der Waals surface area contributed by atoms with Crippen molar-refractivity contribution >= 4 is 45.2 Å². The van der Waals surface area contributed by atoms with E-state index in [9.17, 15) is 9.59 Å². The second-order valence-electron chi connectivity index (χ2n) is 5.01. The summed E-state index contributed by atoms with van der Waals surface area (Å²) >= 11 is 4.97. The predicted molar refractivity (Wildman–Crippen MR) is 98.5 cm³/mol. The van der Waals surface area contributed by atoms with E-state index in [1.54, 1.807) is 36.0 Å². The highest BCUT2D eigenvalue weighted by Crippen LogP contribution is 2.21. The molecule has 0 spiro atoms. The normalized spacial score (nSPS) is 11.7. The highest BCUT2D eigenvalue weighted by molar-refractivity contribution is 9.10. The quantitative estimate of drug-likeness (QED) is 0.784.